The lowest BCUT2D eigenvalue weighted by molar-refractivity contribution is 0.0700. The molecule has 3 aromatic rings. The third-order valence-electron chi connectivity index (χ3n) is 4.77. The molecule has 0 spiro atoms. The lowest BCUT2D eigenvalue weighted by Crippen LogP contribution is -2.39. The number of amides is 1. The second kappa shape index (κ2) is 7.41. The van der Waals surface area contributed by atoms with Crippen LogP contribution in [0.3, 0.4) is 0 Å². The van der Waals surface area contributed by atoms with Gasteiger partial charge in [0.05, 0.1) is 11.9 Å². The Balaban J connectivity index is 1.43. The summed E-state index contributed by atoms with van der Waals surface area (Å²) in [5.41, 5.74) is 0.763. The number of aryl methyl sites for hydroxylation is 1. The predicted octanol–water partition coefficient (Wildman–Crippen LogP) is 3.13. The molecule has 1 aliphatic heterocycles. The highest BCUT2D eigenvalue weighted by Gasteiger charge is 2.30. The number of hydrogen-bond donors (Lipinski definition) is 0. The summed E-state index contributed by atoms with van der Waals surface area (Å²) in [7, 11) is 0. The topological polar surface area (TPSA) is 85.0 Å². The van der Waals surface area contributed by atoms with Gasteiger partial charge in [-0.2, -0.15) is 4.98 Å². The van der Waals surface area contributed by atoms with Crippen molar-refractivity contribution in [3.8, 4) is 11.6 Å². The lowest BCUT2D eigenvalue weighted by atomic mass is 9.95. The average Bonchev–Trinajstić information content (AvgIpc) is 3.18. The van der Waals surface area contributed by atoms with E-state index in [1.807, 2.05) is 6.92 Å². The Bertz CT molecular complexity index is 978. The molecule has 0 radical (unpaired) electrons. The van der Waals surface area contributed by atoms with Crippen LogP contribution in [0.2, 0.25) is 0 Å². The Labute approximate surface area is 159 Å². The molecule has 2 aromatic heterocycles. The minimum atomic E-state index is -0.853. The number of benzene rings is 1. The molecule has 0 atom stereocenters. The molecule has 1 aliphatic rings. The summed E-state index contributed by atoms with van der Waals surface area (Å²) in [6.45, 7) is 2.54. The summed E-state index contributed by atoms with van der Waals surface area (Å²) < 4.78 is 33.0. The van der Waals surface area contributed by atoms with Gasteiger partial charge in [0.25, 0.3) is 11.8 Å². The maximum absolute atomic E-state index is 13.9. The first-order valence-corrected chi connectivity index (χ1v) is 8.89. The third-order valence-corrected chi connectivity index (χ3v) is 4.77. The van der Waals surface area contributed by atoms with Gasteiger partial charge in [-0.1, -0.05) is 11.2 Å². The molecule has 0 bridgehead atoms. The van der Waals surface area contributed by atoms with Crippen LogP contribution in [0.25, 0.3) is 11.6 Å². The minimum absolute atomic E-state index is 0.00887. The Morgan fingerprint density at radius 3 is 2.50 bits per heavy atom. The van der Waals surface area contributed by atoms with Gasteiger partial charge in [0.1, 0.15) is 22.9 Å². The summed E-state index contributed by atoms with van der Waals surface area (Å²) in [5, 5.41) is 4.02. The zero-order valence-corrected chi connectivity index (χ0v) is 15.1. The van der Waals surface area contributed by atoms with Crippen molar-refractivity contribution in [2.45, 2.75) is 25.7 Å². The number of aromatic nitrogens is 4. The Morgan fingerprint density at radius 2 is 1.86 bits per heavy atom. The molecule has 3 heterocycles. The van der Waals surface area contributed by atoms with Crippen molar-refractivity contribution in [2.75, 3.05) is 13.1 Å². The maximum Gasteiger partial charge on any atom is 0.278 e. The van der Waals surface area contributed by atoms with E-state index in [1.54, 1.807) is 12.4 Å². The monoisotopic (exact) mass is 385 g/mol. The summed E-state index contributed by atoms with van der Waals surface area (Å²) in [5.74, 6) is -1.54. The van der Waals surface area contributed by atoms with Crippen molar-refractivity contribution in [1.29, 1.82) is 0 Å². The van der Waals surface area contributed by atoms with E-state index in [4.69, 9.17) is 4.52 Å². The highest BCUT2D eigenvalue weighted by molar-refractivity contribution is 5.94. The largest absolute Gasteiger partial charge is 0.338 e. The van der Waals surface area contributed by atoms with Crippen LogP contribution in [0.5, 0.6) is 0 Å². The van der Waals surface area contributed by atoms with Gasteiger partial charge in [0, 0.05) is 25.2 Å². The molecule has 0 N–H and O–H groups in total. The van der Waals surface area contributed by atoms with E-state index >= 15 is 0 Å². The molecular weight excluding hydrogens is 368 g/mol. The molecule has 144 valence electrons. The number of nitrogens with zero attached hydrogens (tertiary/aromatic N) is 5. The number of rotatable bonds is 3. The normalized spacial score (nSPS) is 15.0. The van der Waals surface area contributed by atoms with Crippen LogP contribution in [0, 0.1) is 18.6 Å². The molecule has 0 unspecified atom stereocenters. The van der Waals surface area contributed by atoms with Gasteiger partial charge in [-0.05, 0) is 31.9 Å². The standard InChI is InChI=1S/C19H17F2N5O2/c1-11-9-23-15(10-22-11)18-24-17(25-28-18)12-5-7-26(8-6-12)19(27)16-13(20)3-2-4-14(16)21/h2-4,9-10,12H,5-8H2,1H3. The Morgan fingerprint density at radius 1 is 1.14 bits per heavy atom. The van der Waals surface area contributed by atoms with E-state index < -0.39 is 23.1 Å². The number of likely N-dealkylation sites (tertiary alicyclic amines) is 1. The number of hydrogen-bond acceptors (Lipinski definition) is 6. The van der Waals surface area contributed by atoms with E-state index in [2.05, 4.69) is 20.1 Å². The van der Waals surface area contributed by atoms with Gasteiger partial charge in [-0.3, -0.25) is 9.78 Å². The SMILES string of the molecule is Cc1cnc(-c2nc(C3CCN(C(=O)c4c(F)cccc4F)CC3)no2)cn1. The maximum atomic E-state index is 13.9. The van der Waals surface area contributed by atoms with Crippen molar-refractivity contribution in [3.63, 3.8) is 0 Å². The summed E-state index contributed by atoms with van der Waals surface area (Å²) in [6.07, 6.45) is 4.32. The Kier molecular flexibility index (Phi) is 4.81. The van der Waals surface area contributed by atoms with Crippen LogP contribution in [0.15, 0.2) is 35.1 Å². The van der Waals surface area contributed by atoms with Gasteiger partial charge < -0.3 is 9.42 Å². The van der Waals surface area contributed by atoms with Crippen LogP contribution >= 0.6 is 0 Å². The third kappa shape index (κ3) is 3.47. The molecule has 0 aliphatic carbocycles. The molecule has 1 saturated heterocycles. The summed E-state index contributed by atoms with van der Waals surface area (Å²) in [4.78, 5) is 26.7. The van der Waals surface area contributed by atoms with Gasteiger partial charge in [-0.25, -0.2) is 13.8 Å². The van der Waals surface area contributed by atoms with Crippen LogP contribution in [-0.4, -0.2) is 44.0 Å². The first kappa shape index (κ1) is 18.1. The summed E-state index contributed by atoms with van der Waals surface area (Å²) >= 11 is 0. The van der Waals surface area contributed by atoms with Crippen molar-refractivity contribution < 1.29 is 18.1 Å². The highest BCUT2D eigenvalue weighted by atomic mass is 19.1. The van der Waals surface area contributed by atoms with Crippen LogP contribution < -0.4 is 0 Å². The smallest absolute Gasteiger partial charge is 0.278 e. The van der Waals surface area contributed by atoms with E-state index in [0.29, 0.717) is 37.4 Å². The minimum Gasteiger partial charge on any atom is -0.338 e. The van der Waals surface area contributed by atoms with Gasteiger partial charge >= 0.3 is 0 Å². The number of carbonyl (C=O) groups is 1. The first-order valence-electron chi connectivity index (χ1n) is 8.89. The van der Waals surface area contributed by atoms with Crippen LogP contribution in [0.4, 0.5) is 8.78 Å². The fourth-order valence-corrected chi connectivity index (χ4v) is 3.21. The lowest BCUT2D eigenvalue weighted by Gasteiger charge is -2.30. The van der Waals surface area contributed by atoms with Crippen LogP contribution in [0.1, 0.15) is 40.6 Å². The molecule has 1 aromatic carbocycles. The van der Waals surface area contributed by atoms with Crippen molar-refractivity contribution in [2.24, 2.45) is 0 Å². The highest BCUT2D eigenvalue weighted by Crippen LogP contribution is 2.28. The van der Waals surface area contributed by atoms with Gasteiger partial charge in [-0.15, -0.1) is 0 Å². The van der Waals surface area contributed by atoms with Crippen molar-refractivity contribution in [3.05, 3.63) is 59.3 Å². The van der Waals surface area contributed by atoms with Gasteiger partial charge in [0.15, 0.2) is 5.82 Å². The second-order valence-electron chi connectivity index (χ2n) is 6.66. The molecular formula is C19H17F2N5O2. The van der Waals surface area contributed by atoms with E-state index in [0.717, 1.165) is 17.8 Å². The van der Waals surface area contributed by atoms with E-state index in [9.17, 15) is 13.6 Å². The van der Waals surface area contributed by atoms with E-state index in [1.165, 1.54) is 11.0 Å². The molecule has 1 amide bonds. The zero-order valence-electron chi connectivity index (χ0n) is 15.1. The fraction of sp³-hybridized carbons (Fsp3) is 0.316. The van der Waals surface area contributed by atoms with Crippen molar-refractivity contribution in [1.82, 2.24) is 25.0 Å². The van der Waals surface area contributed by atoms with E-state index in [-0.39, 0.29) is 11.8 Å². The molecule has 1 fully saturated rings. The first-order chi connectivity index (χ1) is 13.5. The fourth-order valence-electron chi connectivity index (χ4n) is 3.21. The zero-order chi connectivity index (χ0) is 19.7. The molecule has 7 nitrogen and oxygen atoms in total. The quantitative estimate of drug-likeness (QED) is 0.689. The average molecular weight is 385 g/mol. The molecule has 0 saturated carbocycles. The second-order valence-corrected chi connectivity index (χ2v) is 6.66. The number of halogens is 2. The van der Waals surface area contributed by atoms with Crippen molar-refractivity contribution >= 4 is 5.91 Å². The number of carbonyl (C=O) groups excluding carboxylic acids is 1. The molecule has 28 heavy (non-hydrogen) atoms. The number of piperidine rings is 1. The molecule has 9 heteroatoms. The van der Waals surface area contributed by atoms with Crippen LogP contribution in [-0.2, 0) is 0 Å². The predicted molar refractivity (Wildman–Crippen MR) is 94.3 cm³/mol. The Hall–Kier alpha value is -3.23. The summed E-state index contributed by atoms with van der Waals surface area (Å²) in [6, 6.07) is 3.40. The molecule has 4 rings (SSSR count). The van der Waals surface area contributed by atoms with Gasteiger partial charge in [0.2, 0.25) is 0 Å².